The summed E-state index contributed by atoms with van der Waals surface area (Å²) >= 11 is 5.84. The monoisotopic (exact) mass is 524 g/mol. The predicted octanol–water partition coefficient (Wildman–Crippen LogP) is 4.86. The highest BCUT2D eigenvalue weighted by atomic mass is 35.5. The quantitative estimate of drug-likeness (QED) is 0.458. The number of ether oxygens (including phenoxy) is 1. The number of hydrogen-bond acceptors (Lipinski definition) is 6. The van der Waals surface area contributed by atoms with Gasteiger partial charge < -0.3 is 4.74 Å². The van der Waals surface area contributed by atoms with Crippen LogP contribution in [0.15, 0.2) is 52.3 Å². The van der Waals surface area contributed by atoms with Gasteiger partial charge >= 0.3 is 6.36 Å². The first-order chi connectivity index (χ1) is 15.2. The summed E-state index contributed by atoms with van der Waals surface area (Å²) in [7, 11) is -7.53. The lowest BCUT2D eigenvalue weighted by molar-refractivity contribution is -0.274. The molecule has 0 radical (unpaired) electrons. The topological polar surface area (TPSA) is 94.6 Å². The van der Waals surface area contributed by atoms with Crippen LogP contribution < -0.4 is 4.74 Å². The van der Waals surface area contributed by atoms with Gasteiger partial charge in [-0.25, -0.2) is 16.8 Å². The first-order valence-electron chi connectivity index (χ1n) is 9.79. The van der Waals surface area contributed by atoms with Crippen molar-refractivity contribution < 1.29 is 39.5 Å². The van der Waals surface area contributed by atoms with Gasteiger partial charge in [0, 0.05) is 23.3 Å². The van der Waals surface area contributed by atoms with E-state index >= 15 is 0 Å². The van der Waals surface area contributed by atoms with Crippen molar-refractivity contribution in [2.24, 2.45) is 5.92 Å². The van der Waals surface area contributed by atoms with Crippen molar-refractivity contribution in [1.82, 2.24) is 0 Å². The van der Waals surface area contributed by atoms with Crippen molar-refractivity contribution >= 4 is 37.1 Å². The van der Waals surface area contributed by atoms with Crippen molar-refractivity contribution in [3.63, 3.8) is 0 Å². The number of Topliss-reactive ketones (excluding diaryl/α,β-unsaturated/α-hetero) is 1. The van der Waals surface area contributed by atoms with E-state index in [1.165, 1.54) is 30.3 Å². The Balaban J connectivity index is 1.62. The standard InChI is InChI=1S/C21H20ClF3O6S2/c1-32(27,28)20-11-14(22)6-7-18(20)19(26)8-5-13-9-17(10-13)33(29,30)16-4-2-3-15(12-16)31-21(23,24)25/h2-4,6-7,11-13,17H,5,8-10H2,1H3. The molecular weight excluding hydrogens is 505 g/mol. The van der Waals surface area contributed by atoms with E-state index in [2.05, 4.69) is 4.74 Å². The lowest BCUT2D eigenvalue weighted by atomic mass is 9.80. The SMILES string of the molecule is CS(=O)(=O)c1cc(Cl)ccc1C(=O)CCC1CC(S(=O)(=O)c2cccc(OC(F)(F)F)c2)C1. The molecular formula is C21H20ClF3O6S2. The summed E-state index contributed by atoms with van der Waals surface area (Å²) in [6.45, 7) is 0. The fourth-order valence-corrected chi connectivity index (χ4v) is 6.85. The van der Waals surface area contributed by atoms with Gasteiger partial charge in [-0.1, -0.05) is 17.7 Å². The second-order valence-corrected chi connectivity index (χ2v) is 12.6. The summed E-state index contributed by atoms with van der Waals surface area (Å²) in [4.78, 5) is 12.2. The minimum absolute atomic E-state index is 0.0243. The van der Waals surface area contributed by atoms with Gasteiger partial charge in [-0.15, -0.1) is 13.2 Å². The molecule has 0 bridgehead atoms. The largest absolute Gasteiger partial charge is 0.573 e. The molecule has 1 fully saturated rings. The van der Waals surface area contributed by atoms with E-state index in [1.807, 2.05) is 0 Å². The maximum atomic E-state index is 12.7. The smallest absolute Gasteiger partial charge is 0.406 e. The van der Waals surface area contributed by atoms with Crippen molar-refractivity contribution in [1.29, 1.82) is 0 Å². The van der Waals surface area contributed by atoms with Crippen LogP contribution in [0.2, 0.25) is 5.02 Å². The Hall–Kier alpha value is -2.11. The molecule has 0 spiro atoms. The van der Waals surface area contributed by atoms with Crippen LogP contribution in [-0.2, 0) is 19.7 Å². The minimum Gasteiger partial charge on any atom is -0.406 e. The normalized spacial score (nSPS) is 19.1. The highest BCUT2D eigenvalue weighted by Gasteiger charge is 2.40. The van der Waals surface area contributed by atoms with Gasteiger partial charge in [0.05, 0.1) is 15.0 Å². The molecule has 0 heterocycles. The highest BCUT2D eigenvalue weighted by molar-refractivity contribution is 7.92. The summed E-state index contributed by atoms with van der Waals surface area (Å²) in [5.41, 5.74) is 0.0341. The fourth-order valence-electron chi connectivity index (χ4n) is 3.71. The van der Waals surface area contributed by atoms with E-state index in [0.29, 0.717) is 6.42 Å². The first-order valence-corrected chi connectivity index (χ1v) is 13.6. The van der Waals surface area contributed by atoms with Gasteiger partial charge in [-0.05, 0) is 61.6 Å². The van der Waals surface area contributed by atoms with Crippen LogP contribution >= 0.6 is 11.6 Å². The van der Waals surface area contributed by atoms with Crippen molar-refractivity contribution in [2.45, 2.75) is 47.1 Å². The number of ketones is 1. The average Bonchev–Trinajstić information content (AvgIpc) is 2.64. The summed E-state index contributed by atoms with van der Waals surface area (Å²) in [5, 5.41) is -0.593. The van der Waals surface area contributed by atoms with Gasteiger partial charge in [0.15, 0.2) is 25.5 Å². The second kappa shape index (κ2) is 9.27. The first kappa shape index (κ1) is 25.5. The molecule has 0 aliphatic heterocycles. The third-order valence-corrected chi connectivity index (χ3v) is 8.97. The van der Waals surface area contributed by atoms with Crippen LogP contribution in [0.4, 0.5) is 13.2 Å². The maximum Gasteiger partial charge on any atom is 0.573 e. The Kier molecular flexibility index (Phi) is 7.16. The predicted molar refractivity (Wildman–Crippen MR) is 115 cm³/mol. The highest BCUT2D eigenvalue weighted by Crippen LogP contribution is 2.40. The van der Waals surface area contributed by atoms with E-state index in [-0.39, 0.29) is 45.6 Å². The molecule has 0 unspecified atom stereocenters. The fraction of sp³-hybridized carbons (Fsp3) is 0.381. The van der Waals surface area contributed by atoms with Gasteiger partial charge in [-0.3, -0.25) is 4.79 Å². The van der Waals surface area contributed by atoms with E-state index in [0.717, 1.165) is 18.4 Å². The van der Waals surface area contributed by atoms with Gasteiger partial charge in [0.1, 0.15) is 5.75 Å². The van der Waals surface area contributed by atoms with Crippen LogP contribution in [0.3, 0.4) is 0 Å². The van der Waals surface area contributed by atoms with Crippen molar-refractivity contribution in [2.75, 3.05) is 6.26 Å². The molecule has 1 aliphatic carbocycles. The van der Waals surface area contributed by atoms with E-state index in [9.17, 15) is 34.8 Å². The molecule has 0 N–H and O–H groups in total. The molecule has 2 aromatic carbocycles. The zero-order valence-corrected chi connectivity index (χ0v) is 19.7. The number of benzene rings is 2. The molecule has 0 atom stereocenters. The number of carbonyl (C=O) groups excluding carboxylic acids is 1. The molecule has 0 amide bonds. The summed E-state index contributed by atoms with van der Waals surface area (Å²) < 4.78 is 90.4. The lowest BCUT2D eigenvalue weighted by Gasteiger charge is -2.34. The van der Waals surface area contributed by atoms with Crippen molar-refractivity contribution in [3.8, 4) is 5.75 Å². The molecule has 12 heteroatoms. The van der Waals surface area contributed by atoms with E-state index in [1.54, 1.807) is 0 Å². The lowest BCUT2D eigenvalue weighted by Crippen LogP contribution is -2.36. The van der Waals surface area contributed by atoms with Gasteiger partial charge in [0.25, 0.3) is 0 Å². The van der Waals surface area contributed by atoms with Gasteiger partial charge in [0.2, 0.25) is 0 Å². The third kappa shape index (κ3) is 6.27. The molecule has 6 nitrogen and oxygen atoms in total. The second-order valence-electron chi connectivity index (χ2n) is 7.90. The molecule has 0 aromatic heterocycles. The summed E-state index contributed by atoms with van der Waals surface area (Å²) in [6.07, 6.45) is -3.08. The number of carbonyl (C=O) groups is 1. The number of rotatable bonds is 8. The Morgan fingerprint density at radius 1 is 1.09 bits per heavy atom. The zero-order chi connectivity index (χ0) is 24.6. The molecule has 0 saturated heterocycles. The van der Waals surface area contributed by atoms with Crippen LogP contribution in [0, 0.1) is 5.92 Å². The Bertz CT molecular complexity index is 1270. The van der Waals surface area contributed by atoms with Crippen LogP contribution in [0.25, 0.3) is 0 Å². The molecule has 1 aliphatic rings. The van der Waals surface area contributed by atoms with E-state index in [4.69, 9.17) is 11.6 Å². The zero-order valence-electron chi connectivity index (χ0n) is 17.3. The number of alkyl halides is 3. The van der Waals surface area contributed by atoms with Crippen LogP contribution in [0.1, 0.15) is 36.0 Å². The Morgan fingerprint density at radius 2 is 1.76 bits per heavy atom. The van der Waals surface area contributed by atoms with Gasteiger partial charge in [-0.2, -0.15) is 0 Å². The Morgan fingerprint density at radius 3 is 2.36 bits per heavy atom. The molecule has 1 saturated carbocycles. The average molecular weight is 525 g/mol. The maximum absolute atomic E-state index is 12.7. The number of halogens is 4. The Labute approximate surface area is 194 Å². The van der Waals surface area contributed by atoms with E-state index < -0.39 is 42.8 Å². The third-order valence-electron chi connectivity index (χ3n) is 5.42. The number of hydrogen-bond donors (Lipinski definition) is 0. The minimum atomic E-state index is -4.93. The molecule has 3 rings (SSSR count). The molecule has 180 valence electrons. The summed E-state index contributed by atoms with van der Waals surface area (Å²) in [6, 6.07) is 8.23. The van der Waals surface area contributed by atoms with Crippen molar-refractivity contribution in [3.05, 3.63) is 53.1 Å². The number of sulfone groups is 2. The molecule has 33 heavy (non-hydrogen) atoms. The molecule has 2 aromatic rings. The van der Waals surface area contributed by atoms with Crippen LogP contribution in [0.5, 0.6) is 5.75 Å². The summed E-state index contributed by atoms with van der Waals surface area (Å²) in [5.74, 6) is -1.09. The van der Waals surface area contributed by atoms with Crippen LogP contribution in [-0.4, -0.2) is 40.5 Å².